The molecule has 0 bridgehead atoms. The zero-order valence-electron chi connectivity index (χ0n) is 6.15. The molecule has 0 aliphatic rings. The van der Waals surface area contributed by atoms with Crippen LogP contribution in [0.3, 0.4) is 0 Å². The Labute approximate surface area is 67.1 Å². The van der Waals surface area contributed by atoms with Gasteiger partial charge >= 0.3 is 0 Å². The van der Waals surface area contributed by atoms with Crippen LogP contribution in [0.5, 0.6) is 0 Å². The minimum absolute atomic E-state index is 0.160. The van der Waals surface area contributed by atoms with Crippen molar-refractivity contribution in [1.29, 1.82) is 0 Å². The van der Waals surface area contributed by atoms with Crippen molar-refractivity contribution in [1.82, 2.24) is 9.38 Å². The molecule has 0 aromatic carbocycles. The average molecular weight is 162 g/mol. The number of aromatic amines is 1. The first-order chi connectivity index (χ1) is 5.77. The number of rotatable bonds is 0. The zero-order chi connectivity index (χ0) is 8.55. The van der Waals surface area contributed by atoms with E-state index in [-0.39, 0.29) is 11.0 Å². The van der Waals surface area contributed by atoms with Gasteiger partial charge in [-0.15, -0.1) is 0 Å². The van der Waals surface area contributed by atoms with Crippen molar-refractivity contribution in [2.24, 2.45) is 0 Å². The summed E-state index contributed by atoms with van der Waals surface area (Å²) in [5.74, 6) is 0. The summed E-state index contributed by atoms with van der Waals surface area (Å²) in [6.45, 7) is 0. The van der Waals surface area contributed by atoms with Crippen molar-refractivity contribution >= 4 is 5.52 Å². The van der Waals surface area contributed by atoms with Crippen molar-refractivity contribution in [3.63, 3.8) is 0 Å². The molecule has 0 amide bonds. The van der Waals surface area contributed by atoms with Crippen LogP contribution < -0.4 is 11.0 Å². The summed E-state index contributed by atoms with van der Waals surface area (Å²) < 4.78 is 1.60. The fourth-order valence-electron chi connectivity index (χ4n) is 1.07. The van der Waals surface area contributed by atoms with E-state index in [2.05, 4.69) is 4.98 Å². The van der Waals surface area contributed by atoms with E-state index in [0.29, 0.717) is 5.52 Å². The van der Waals surface area contributed by atoms with Gasteiger partial charge in [-0.1, -0.05) is 0 Å². The summed E-state index contributed by atoms with van der Waals surface area (Å²) >= 11 is 0. The molecule has 0 atom stereocenters. The molecule has 4 heteroatoms. The van der Waals surface area contributed by atoms with Gasteiger partial charge in [0, 0.05) is 30.7 Å². The van der Waals surface area contributed by atoms with E-state index in [4.69, 9.17) is 0 Å². The molecular formula is C8H6N2O2. The summed E-state index contributed by atoms with van der Waals surface area (Å²) in [5, 5.41) is 0. The lowest BCUT2D eigenvalue weighted by molar-refractivity contribution is 1.08. The number of hydrogen-bond donors (Lipinski definition) is 1. The van der Waals surface area contributed by atoms with Crippen LogP contribution in [0.25, 0.3) is 5.52 Å². The maximum absolute atomic E-state index is 11.1. The smallest absolute Gasteiger partial charge is 0.272 e. The number of fused-ring (bicyclic) bond motifs is 1. The first-order valence-electron chi connectivity index (χ1n) is 3.47. The lowest BCUT2D eigenvalue weighted by atomic mass is 10.4. The number of H-pyrrole nitrogens is 1. The van der Waals surface area contributed by atoms with Gasteiger partial charge in [0.25, 0.3) is 5.56 Å². The topological polar surface area (TPSA) is 54.3 Å². The lowest BCUT2D eigenvalue weighted by Gasteiger charge is -1.95. The molecule has 60 valence electrons. The second-order valence-corrected chi connectivity index (χ2v) is 2.44. The first kappa shape index (κ1) is 6.84. The second kappa shape index (κ2) is 2.34. The number of aromatic nitrogens is 2. The van der Waals surface area contributed by atoms with Gasteiger partial charge in [0.05, 0.1) is 0 Å². The number of pyridine rings is 1. The summed E-state index contributed by atoms with van der Waals surface area (Å²) in [6.07, 6.45) is 4.77. The quantitative estimate of drug-likeness (QED) is 0.592. The molecule has 2 aromatic rings. The molecular weight excluding hydrogens is 156 g/mol. The van der Waals surface area contributed by atoms with Gasteiger partial charge in [-0.3, -0.25) is 9.59 Å². The van der Waals surface area contributed by atoms with Crippen molar-refractivity contribution in [3.8, 4) is 0 Å². The highest BCUT2D eigenvalue weighted by molar-refractivity contribution is 5.42. The highest BCUT2D eigenvalue weighted by atomic mass is 16.1. The van der Waals surface area contributed by atoms with Crippen LogP contribution in [-0.4, -0.2) is 9.38 Å². The minimum Gasteiger partial charge on any atom is -0.326 e. The van der Waals surface area contributed by atoms with E-state index in [1.165, 1.54) is 18.3 Å². The largest absolute Gasteiger partial charge is 0.326 e. The van der Waals surface area contributed by atoms with Gasteiger partial charge in [-0.25, -0.2) is 0 Å². The van der Waals surface area contributed by atoms with Crippen LogP contribution in [0.15, 0.2) is 40.3 Å². The van der Waals surface area contributed by atoms with Gasteiger partial charge in [0.2, 0.25) is 0 Å². The third-order valence-electron chi connectivity index (χ3n) is 1.64. The molecule has 0 radical (unpaired) electrons. The molecule has 1 N–H and O–H groups in total. The van der Waals surface area contributed by atoms with Gasteiger partial charge in [-0.05, 0) is 0 Å². The second-order valence-electron chi connectivity index (χ2n) is 2.44. The highest BCUT2D eigenvalue weighted by Gasteiger charge is 1.94. The van der Waals surface area contributed by atoms with Gasteiger partial charge < -0.3 is 9.38 Å². The van der Waals surface area contributed by atoms with Gasteiger partial charge in [0.15, 0.2) is 5.43 Å². The minimum atomic E-state index is -0.254. The maximum Gasteiger partial charge on any atom is 0.272 e. The Morgan fingerprint density at radius 3 is 2.92 bits per heavy atom. The fraction of sp³-hybridized carbons (Fsp3) is 0. The van der Waals surface area contributed by atoms with E-state index in [1.807, 2.05) is 0 Å². The lowest BCUT2D eigenvalue weighted by Crippen LogP contribution is -2.12. The van der Waals surface area contributed by atoms with E-state index < -0.39 is 0 Å². The molecule has 0 unspecified atom stereocenters. The van der Waals surface area contributed by atoms with Crippen LogP contribution in [0.4, 0.5) is 0 Å². The Bertz CT molecular complexity index is 524. The summed E-state index contributed by atoms with van der Waals surface area (Å²) in [5.41, 5.74) is -0.0492. The van der Waals surface area contributed by atoms with Crippen LogP contribution >= 0.6 is 0 Å². The van der Waals surface area contributed by atoms with Crippen LogP contribution in [0.2, 0.25) is 0 Å². The zero-order valence-corrected chi connectivity index (χ0v) is 6.15. The first-order valence-corrected chi connectivity index (χ1v) is 3.47. The average Bonchev–Trinajstić information content (AvgIpc) is 2.07. The van der Waals surface area contributed by atoms with Crippen molar-refractivity contribution in [2.75, 3.05) is 0 Å². The van der Waals surface area contributed by atoms with E-state index in [0.717, 1.165) is 0 Å². The predicted molar refractivity (Wildman–Crippen MR) is 44.3 cm³/mol. The molecule has 2 rings (SSSR count). The molecule has 4 nitrogen and oxygen atoms in total. The number of nitrogens with zero attached hydrogens (tertiary/aromatic N) is 1. The molecule has 0 saturated heterocycles. The third-order valence-corrected chi connectivity index (χ3v) is 1.64. The molecule has 0 spiro atoms. The Kier molecular flexibility index (Phi) is 1.33. The molecule has 2 heterocycles. The summed E-state index contributed by atoms with van der Waals surface area (Å²) in [7, 11) is 0. The Hall–Kier alpha value is -1.84. The van der Waals surface area contributed by atoms with Gasteiger partial charge in [0.1, 0.15) is 5.52 Å². The van der Waals surface area contributed by atoms with Crippen molar-refractivity contribution in [2.45, 2.75) is 0 Å². The van der Waals surface area contributed by atoms with E-state index in [9.17, 15) is 9.59 Å². The number of hydrogen-bond acceptors (Lipinski definition) is 2. The Morgan fingerprint density at radius 1 is 1.25 bits per heavy atom. The van der Waals surface area contributed by atoms with Gasteiger partial charge in [-0.2, -0.15) is 0 Å². The molecule has 0 fully saturated rings. The molecule has 0 aliphatic heterocycles. The van der Waals surface area contributed by atoms with Crippen molar-refractivity contribution in [3.05, 3.63) is 51.3 Å². The highest BCUT2D eigenvalue weighted by Crippen LogP contribution is 1.88. The standard InChI is InChI=1S/C8H6N2O2/c11-6-1-3-10-4-2-9-8(12)7(10)5-6/h1-5H,(H,9,12). The molecule has 0 saturated carbocycles. The summed E-state index contributed by atoms with van der Waals surface area (Å²) in [6, 6.07) is 2.71. The van der Waals surface area contributed by atoms with E-state index in [1.54, 1.807) is 16.8 Å². The molecule has 12 heavy (non-hydrogen) atoms. The maximum atomic E-state index is 11.1. The predicted octanol–water partition coefficient (Wildman–Crippen LogP) is -0.0122. The number of nitrogens with one attached hydrogen (secondary N) is 1. The Balaban J connectivity index is 3.08. The monoisotopic (exact) mass is 162 g/mol. The molecule has 2 aromatic heterocycles. The van der Waals surface area contributed by atoms with Crippen LogP contribution in [0.1, 0.15) is 0 Å². The fourth-order valence-corrected chi connectivity index (χ4v) is 1.07. The SMILES string of the molecule is O=c1ccn2cc[nH]c(=O)c2c1. The van der Waals surface area contributed by atoms with Crippen LogP contribution in [-0.2, 0) is 0 Å². The third kappa shape index (κ3) is 0.934. The van der Waals surface area contributed by atoms with Crippen LogP contribution in [0, 0.1) is 0 Å². The molecule has 0 aliphatic carbocycles. The Morgan fingerprint density at radius 2 is 2.08 bits per heavy atom. The summed E-state index contributed by atoms with van der Waals surface area (Å²) in [4.78, 5) is 24.5. The van der Waals surface area contributed by atoms with Crippen molar-refractivity contribution < 1.29 is 0 Å². The van der Waals surface area contributed by atoms with E-state index >= 15 is 0 Å². The normalized spacial score (nSPS) is 10.3.